The Bertz CT molecular complexity index is 841. The molecule has 0 radical (unpaired) electrons. The molecule has 5 nitrogen and oxygen atoms in total. The zero-order valence-electron chi connectivity index (χ0n) is 12.8. The Kier molecular flexibility index (Phi) is 4.76. The van der Waals surface area contributed by atoms with Crippen LogP contribution < -0.4 is 5.43 Å². The highest BCUT2D eigenvalue weighted by atomic mass is 19.1. The average Bonchev–Trinajstić information content (AvgIpc) is 3.07. The van der Waals surface area contributed by atoms with Gasteiger partial charge in [0, 0.05) is 11.8 Å². The van der Waals surface area contributed by atoms with E-state index in [0.717, 1.165) is 16.8 Å². The molecule has 0 atom stereocenters. The number of hydrazone groups is 1. The van der Waals surface area contributed by atoms with Crippen LogP contribution in [-0.2, 0) is 11.2 Å². The number of nitrogens with one attached hydrogen (secondary N) is 1. The van der Waals surface area contributed by atoms with E-state index in [1.165, 1.54) is 18.3 Å². The molecule has 0 spiro atoms. The molecule has 120 valence electrons. The van der Waals surface area contributed by atoms with Gasteiger partial charge in [0.05, 0.1) is 24.5 Å². The SMILES string of the molecule is O=C(Cc1ccc(F)cc1)N/N=C\c1cnn(-c2ccccc2)c1. The number of rotatable bonds is 5. The second-order valence-corrected chi connectivity index (χ2v) is 5.15. The molecule has 1 N–H and O–H groups in total. The summed E-state index contributed by atoms with van der Waals surface area (Å²) in [5.74, 6) is -0.596. The standard InChI is InChI=1S/C18H15FN4O/c19-16-8-6-14(7-9-16)10-18(24)22-20-11-15-12-21-23(13-15)17-4-2-1-3-5-17/h1-9,11-13H,10H2,(H,22,24)/b20-11-. The molecule has 0 saturated heterocycles. The molecule has 6 heteroatoms. The lowest BCUT2D eigenvalue weighted by Gasteiger charge is -2.00. The Morgan fingerprint density at radius 2 is 1.92 bits per heavy atom. The minimum absolute atomic E-state index is 0.140. The summed E-state index contributed by atoms with van der Waals surface area (Å²) in [5.41, 5.74) is 4.87. The predicted octanol–water partition coefficient (Wildman–Crippen LogP) is 2.70. The first-order chi connectivity index (χ1) is 11.7. The zero-order chi connectivity index (χ0) is 16.8. The van der Waals surface area contributed by atoms with E-state index >= 15 is 0 Å². The molecule has 1 heterocycles. The van der Waals surface area contributed by atoms with E-state index in [4.69, 9.17) is 0 Å². The molecular formula is C18H15FN4O. The summed E-state index contributed by atoms with van der Waals surface area (Å²) >= 11 is 0. The smallest absolute Gasteiger partial charge is 0.244 e. The second-order valence-electron chi connectivity index (χ2n) is 5.15. The van der Waals surface area contributed by atoms with Crippen LogP contribution in [0.4, 0.5) is 4.39 Å². The number of hydrogen-bond acceptors (Lipinski definition) is 3. The molecule has 0 fully saturated rings. The minimum atomic E-state index is -0.326. The number of hydrogen-bond donors (Lipinski definition) is 1. The van der Waals surface area contributed by atoms with Gasteiger partial charge in [-0.05, 0) is 29.8 Å². The fraction of sp³-hybridized carbons (Fsp3) is 0.0556. The van der Waals surface area contributed by atoms with Gasteiger partial charge in [0.15, 0.2) is 0 Å². The van der Waals surface area contributed by atoms with E-state index in [-0.39, 0.29) is 18.1 Å². The van der Waals surface area contributed by atoms with Crippen LogP contribution in [0.25, 0.3) is 5.69 Å². The van der Waals surface area contributed by atoms with Gasteiger partial charge >= 0.3 is 0 Å². The van der Waals surface area contributed by atoms with Crippen molar-refractivity contribution in [2.75, 3.05) is 0 Å². The number of aromatic nitrogens is 2. The molecule has 24 heavy (non-hydrogen) atoms. The minimum Gasteiger partial charge on any atom is -0.273 e. The monoisotopic (exact) mass is 322 g/mol. The number of carbonyl (C=O) groups excluding carboxylic acids is 1. The molecule has 1 amide bonds. The number of para-hydroxylation sites is 1. The van der Waals surface area contributed by atoms with E-state index in [0.29, 0.717) is 0 Å². The Balaban J connectivity index is 1.55. The van der Waals surface area contributed by atoms with E-state index in [1.54, 1.807) is 23.0 Å². The fourth-order valence-electron chi connectivity index (χ4n) is 2.13. The first kappa shape index (κ1) is 15.6. The summed E-state index contributed by atoms with van der Waals surface area (Å²) in [4.78, 5) is 11.8. The summed E-state index contributed by atoms with van der Waals surface area (Å²) in [6, 6.07) is 15.5. The third-order valence-corrected chi connectivity index (χ3v) is 3.30. The Morgan fingerprint density at radius 3 is 2.67 bits per heavy atom. The van der Waals surface area contributed by atoms with Crippen molar-refractivity contribution in [3.05, 3.63) is 83.9 Å². The third-order valence-electron chi connectivity index (χ3n) is 3.30. The lowest BCUT2D eigenvalue weighted by Crippen LogP contribution is -2.19. The maximum Gasteiger partial charge on any atom is 0.244 e. The molecule has 0 aliphatic carbocycles. The van der Waals surface area contributed by atoms with Gasteiger partial charge in [0.1, 0.15) is 5.82 Å². The molecule has 0 bridgehead atoms. The maximum atomic E-state index is 12.8. The van der Waals surface area contributed by atoms with Crippen molar-refractivity contribution in [3.63, 3.8) is 0 Å². The van der Waals surface area contributed by atoms with Crippen molar-refractivity contribution < 1.29 is 9.18 Å². The van der Waals surface area contributed by atoms with Crippen LogP contribution in [0.15, 0.2) is 72.1 Å². The summed E-state index contributed by atoms with van der Waals surface area (Å²) in [7, 11) is 0. The number of carbonyl (C=O) groups is 1. The van der Waals surface area contributed by atoms with Crippen LogP contribution in [0.1, 0.15) is 11.1 Å². The number of benzene rings is 2. The van der Waals surface area contributed by atoms with E-state index < -0.39 is 0 Å². The van der Waals surface area contributed by atoms with Gasteiger partial charge in [-0.2, -0.15) is 10.2 Å². The first-order valence-corrected chi connectivity index (χ1v) is 7.37. The number of halogens is 1. The summed E-state index contributed by atoms with van der Waals surface area (Å²) in [5, 5.41) is 8.15. The molecule has 0 saturated carbocycles. The average molecular weight is 322 g/mol. The molecule has 3 rings (SSSR count). The molecule has 1 aromatic heterocycles. The van der Waals surface area contributed by atoms with Crippen LogP contribution in [0.2, 0.25) is 0 Å². The quantitative estimate of drug-likeness (QED) is 0.580. The van der Waals surface area contributed by atoms with Gasteiger partial charge in [0.25, 0.3) is 0 Å². The summed E-state index contributed by atoms with van der Waals surface area (Å²) in [6.07, 6.45) is 5.13. The lowest BCUT2D eigenvalue weighted by atomic mass is 10.1. The highest BCUT2D eigenvalue weighted by Crippen LogP contribution is 2.06. The number of nitrogens with zero attached hydrogens (tertiary/aromatic N) is 3. The first-order valence-electron chi connectivity index (χ1n) is 7.37. The molecule has 3 aromatic rings. The Hall–Kier alpha value is -3.28. The van der Waals surface area contributed by atoms with Crippen molar-refractivity contribution in [2.45, 2.75) is 6.42 Å². The van der Waals surface area contributed by atoms with Crippen molar-refractivity contribution in [1.82, 2.24) is 15.2 Å². The van der Waals surface area contributed by atoms with Crippen molar-refractivity contribution in [2.24, 2.45) is 5.10 Å². The van der Waals surface area contributed by atoms with Crippen molar-refractivity contribution in [1.29, 1.82) is 0 Å². The zero-order valence-corrected chi connectivity index (χ0v) is 12.8. The van der Waals surface area contributed by atoms with E-state index in [1.807, 2.05) is 36.5 Å². The Labute approximate surface area is 138 Å². The summed E-state index contributed by atoms with van der Waals surface area (Å²) < 4.78 is 14.5. The molecule has 0 unspecified atom stereocenters. The van der Waals surface area contributed by atoms with Crippen LogP contribution in [-0.4, -0.2) is 21.9 Å². The third kappa shape index (κ3) is 4.13. The highest BCUT2D eigenvalue weighted by Gasteiger charge is 2.02. The maximum absolute atomic E-state index is 12.8. The second kappa shape index (κ2) is 7.32. The molecule has 0 aliphatic rings. The van der Waals surface area contributed by atoms with Crippen molar-refractivity contribution in [3.8, 4) is 5.69 Å². The van der Waals surface area contributed by atoms with Crippen LogP contribution in [0, 0.1) is 5.82 Å². The van der Waals surface area contributed by atoms with Gasteiger partial charge in [-0.25, -0.2) is 14.5 Å². The fourth-order valence-corrected chi connectivity index (χ4v) is 2.13. The summed E-state index contributed by atoms with van der Waals surface area (Å²) in [6.45, 7) is 0. The molecular weight excluding hydrogens is 307 g/mol. The van der Waals surface area contributed by atoms with Gasteiger partial charge in [0.2, 0.25) is 5.91 Å². The van der Waals surface area contributed by atoms with Gasteiger partial charge in [-0.1, -0.05) is 30.3 Å². The molecule has 2 aromatic carbocycles. The number of amides is 1. The van der Waals surface area contributed by atoms with Crippen molar-refractivity contribution >= 4 is 12.1 Å². The van der Waals surface area contributed by atoms with Crippen LogP contribution in [0.5, 0.6) is 0 Å². The van der Waals surface area contributed by atoms with E-state index in [9.17, 15) is 9.18 Å². The lowest BCUT2D eigenvalue weighted by molar-refractivity contribution is -0.120. The highest BCUT2D eigenvalue weighted by molar-refractivity contribution is 5.82. The van der Waals surface area contributed by atoms with Gasteiger partial charge in [-0.15, -0.1) is 0 Å². The van der Waals surface area contributed by atoms with Gasteiger partial charge in [-0.3, -0.25) is 4.79 Å². The van der Waals surface area contributed by atoms with E-state index in [2.05, 4.69) is 15.6 Å². The molecule has 0 aliphatic heterocycles. The Morgan fingerprint density at radius 1 is 1.17 bits per heavy atom. The van der Waals surface area contributed by atoms with Gasteiger partial charge < -0.3 is 0 Å². The normalized spacial score (nSPS) is 10.9. The predicted molar refractivity (Wildman–Crippen MR) is 89.4 cm³/mol. The largest absolute Gasteiger partial charge is 0.273 e. The van der Waals surface area contributed by atoms with Crippen LogP contribution in [0.3, 0.4) is 0 Å². The topological polar surface area (TPSA) is 59.3 Å². The van der Waals surface area contributed by atoms with Crippen LogP contribution >= 0.6 is 0 Å².